The van der Waals surface area contributed by atoms with Crippen LogP contribution in [0.4, 0.5) is 11.4 Å². The fourth-order valence-corrected chi connectivity index (χ4v) is 3.34. The van der Waals surface area contributed by atoms with Crippen LogP contribution >= 0.6 is 0 Å². The van der Waals surface area contributed by atoms with E-state index in [1.165, 1.54) is 0 Å². The number of carbonyl (C=O) groups is 1. The van der Waals surface area contributed by atoms with Gasteiger partial charge in [-0.2, -0.15) is 0 Å². The number of amides is 1. The van der Waals surface area contributed by atoms with Gasteiger partial charge in [-0.3, -0.25) is 9.69 Å². The van der Waals surface area contributed by atoms with Crippen molar-refractivity contribution in [3.63, 3.8) is 0 Å². The molecule has 0 saturated carbocycles. The van der Waals surface area contributed by atoms with Crippen LogP contribution in [-0.2, 0) is 4.79 Å². The summed E-state index contributed by atoms with van der Waals surface area (Å²) in [6, 6.07) is 15.7. The summed E-state index contributed by atoms with van der Waals surface area (Å²) in [5, 5.41) is 2.98. The number of piperazine rings is 1. The Morgan fingerprint density at radius 2 is 1.79 bits per heavy atom. The minimum absolute atomic E-state index is 0.0134. The van der Waals surface area contributed by atoms with Crippen LogP contribution in [0.2, 0.25) is 0 Å². The predicted molar refractivity (Wildman–Crippen MR) is 117 cm³/mol. The van der Waals surface area contributed by atoms with E-state index in [0.29, 0.717) is 6.54 Å². The number of nitrogens with zero attached hydrogens (tertiary/aromatic N) is 2. The predicted octanol–water partition coefficient (Wildman–Crippen LogP) is 3.63. The summed E-state index contributed by atoms with van der Waals surface area (Å²) in [5.41, 5.74) is 1.96. The molecule has 3 rings (SSSR count). The summed E-state index contributed by atoms with van der Waals surface area (Å²) in [6.45, 7) is 6.77. The van der Waals surface area contributed by atoms with Gasteiger partial charge < -0.3 is 19.7 Å². The molecule has 1 saturated heterocycles. The van der Waals surface area contributed by atoms with Crippen LogP contribution in [0, 0.1) is 0 Å². The van der Waals surface area contributed by atoms with E-state index in [0.717, 1.165) is 68.5 Å². The van der Waals surface area contributed by atoms with E-state index in [2.05, 4.69) is 34.2 Å². The number of hydrogen-bond donors (Lipinski definition) is 1. The monoisotopic (exact) mass is 397 g/mol. The van der Waals surface area contributed by atoms with Crippen molar-refractivity contribution in [2.45, 2.75) is 19.8 Å². The van der Waals surface area contributed by atoms with Crippen molar-refractivity contribution in [2.24, 2.45) is 0 Å². The molecule has 0 aliphatic carbocycles. The Morgan fingerprint density at radius 3 is 2.48 bits per heavy atom. The van der Waals surface area contributed by atoms with Gasteiger partial charge in [0.15, 0.2) is 0 Å². The van der Waals surface area contributed by atoms with Gasteiger partial charge >= 0.3 is 0 Å². The summed E-state index contributed by atoms with van der Waals surface area (Å²) in [7, 11) is 1.68. The normalized spacial score (nSPS) is 14.5. The van der Waals surface area contributed by atoms with Gasteiger partial charge in [-0.05, 0) is 42.8 Å². The zero-order chi connectivity index (χ0) is 20.5. The Balaban J connectivity index is 1.42. The molecular weight excluding hydrogens is 366 g/mol. The third kappa shape index (κ3) is 6.39. The minimum atomic E-state index is 0.0134. The van der Waals surface area contributed by atoms with Gasteiger partial charge in [0.25, 0.3) is 0 Å². The maximum Gasteiger partial charge on any atom is 0.238 e. The smallest absolute Gasteiger partial charge is 0.238 e. The lowest BCUT2D eigenvalue weighted by atomic mass is 10.2. The molecule has 2 aromatic rings. The SMILES string of the molecule is CCCCOc1ccc(NC(=O)CN2CCN(c3cccc(OC)c3)CC2)cc1. The fourth-order valence-electron chi connectivity index (χ4n) is 3.34. The highest BCUT2D eigenvalue weighted by molar-refractivity contribution is 5.92. The molecule has 1 aliphatic heterocycles. The first-order chi connectivity index (χ1) is 14.2. The van der Waals surface area contributed by atoms with Gasteiger partial charge in [-0.1, -0.05) is 19.4 Å². The molecule has 0 unspecified atom stereocenters. The number of methoxy groups -OCH3 is 1. The maximum absolute atomic E-state index is 12.4. The van der Waals surface area contributed by atoms with E-state index in [1.54, 1.807) is 7.11 Å². The molecule has 0 aromatic heterocycles. The summed E-state index contributed by atoms with van der Waals surface area (Å²) in [6.07, 6.45) is 2.16. The van der Waals surface area contributed by atoms with E-state index in [-0.39, 0.29) is 5.91 Å². The first-order valence-electron chi connectivity index (χ1n) is 10.3. The lowest BCUT2D eigenvalue weighted by Gasteiger charge is -2.35. The van der Waals surface area contributed by atoms with Gasteiger partial charge in [-0.25, -0.2) is 0 Å². The zero-order valence-electron chi connectivity index (χ0n) is 17.4. The molecule has 1 fully saturated rings. The number of hydrogen-bond acceptors (Lipinski definition) is 5. The van der Waals surface area contributed by atoms with Crippen molar-refractivity contribution >= 4 is 17.3 Å². The molecule has 0 radical (unpaired) electrons. The average molecular weight is 398 g/mol. The Bertz CT molecular complexity index is 771. The third-order valence-corrected chi connectivity index (χ3v) is 5.06. The summed E-state index contributed by atoms with van der Waals surface area (Å²) >= 11 is 0. The number of carbonyl (C=O) groups excluding carboxylic acids is 1. The molecular formula is C23H31N3O3. The standard InChI is InChI=1S/C23H31N3O3/c1-3-4-16-29-21-10-8-19(9-11-21)24-23(27)18-25-12-14-26(15-13-25)20-6-5-7-22(17-20)28-2/h5-11,17H,3-4,12-16,18H2,1-2H3,(H,24,27). The molecule has 156 valence electrons. The molecule has 6 nitrogen and oxygen atoms in total. The molecule has 1 aliphatic rings. The number of benzene rings is 2. The van der Waals surface area contributed by atoms with Gasteiger partial charge in [-0.15, -0.1) is 0 Å². The lowest BCUT2D eigenvalue weighted by Crippen LogP contribution is -2.48. The van der Waals surface area contributed by atoms with E-state index in [4.69, 9.17) is 9.47 Å². The van der Waals surface area contributed by atoms with Crippen LogP contribution in [0.1, 0.15) is 19.8 Å². The molecule has 29 heavy (non-hydrogen) atoms. The summed E-state index contributed by atoms with van der Waals surface area (Å²) < 4.78 is 11.0. The maximum atomic E-state index is 12.4. The molecule has 1 N–H and O–H groups in total. The summed E-state index contributed by atoms with van der Waals surface area (Å²) in [4.78, 5) is 16.9. The van der Waals surface area contributed by atoms with E-state index < -0.39 is 0 Å². The zero-order valence-corrected chi connectivity index (χ0v) is 17.4. The van der Waals surface area contributed by atoms with Gasteiger partial charge in [0.05, 0.1) is 20.3 Å². The number of nitrogens with one attached hydrogen (secondary N) is 1. The Labute approximate surface area is 173 Å². The molecule has 1 heterocycles. The number of anilines is 2. The quantitative estimate of drug-likeness (QED) is 0.655. The number of rotatable bonds is 9. The highest BCUT2D eigenvalue weighted by Crippen LogP contribution is 2.22. The van der Waals surface area contributed by atoms with Crippen molar-refractivity contribution in [3.8, 4) is 11.5 Å². The van der Waals surface area contributed by atoms with Crippen LogP contribution in [0.25, 0.3) is 0 Å². The second-order valence-electron chi connectivity index (χ2n) is 7.24. The van der Waals surface area contributed by atoms with Crippen molar-refractivity contribution in [2.75, 3.05) is 56.7 Å². The molecule has 0 spiro atoms. The Morgan fingerprint density at radius 1 is 1.03 bits per heavy atom. The van der Waals surface area contributed by atoms with Crippen LogP contribution in [-0.4, -0.2) is 57.2 Å². The van der Waals surface area contributed by atoms with Crippen LogP contribution in [0.15, 0.2) is 48.5 Å². The highest BCUT2D eigenvalue weighted by atomic mass is 16.5. The molecule has 0 bridgehead atoms. The van der Waals surface area contributed by atoms with Crippen LogP contribution in [0.5, 0.6) is 11.5 Å². The third-order valence-electron chi connectivity index (χ3n) is 5.06. The van der Waals surface area contributed by atoms with E-state index >= 15 is 0 Å². The summed E-state index contributed by atoms with van der Waals surface area (Å²) in [5.74, 6) is 1.72. The van der Waals surface area contributed by atoms with Crippen molar-refractivity contribution < 1.29 is 14.3 Å². The molecule has 2 aromatic carbocycles. The molecule has 1 amide bonds. The first kappa shape index (κ1) is 21.0. The Kier molecular flexibility index (Phi) is 7.76. The van der Waals surface area contributed by atoms with Gasteiger partial charge in [0.2, 0.25) is 5.91 Å². The van der Waals surface area contributed by atoms with Crippen molar-refractivity contribution in [3.05, 3.63) is 48.5 Å². The van der Waals surface area contributed by atoms with Gasteiger partial charge in [0, 0.05) is 43.6 Å². The van der Waals surface area contributed by atoms with Gasteiger partial charge in [0.1, 0.15) is 11.5 Å². The van der Waals surface area contributed by atoms with Crippen LogP contribution < -0.4 is 19.7 Å². The molecule has 0 atom stereocenters. The van der Waals surface area contributed by atoms with E-state index in [9.17, 15) is 4.79 Å². The topological polar surface area (TPSA) is 54.0 Å². The van der Waals surface area contributed by atoms with Crippen molar-refractivity contribution in [1.82, 2.24) is 4.90 Å². The van der Waals surface area contributed by atoms with Crippen LogP contribution in [0.3, 0.4) is 0 Å². The largest absolute Gasteiger partial charge is 0.497 e. The molecule has 6 heteroatoms. The second-order valence-corrected chi connectivity index (χ2v) is 7.24. The number of ether oxygens (including phenoxy) is 2. The highest BCUT2D eigenvalue weighted by Gasteiger charge is 2.19. The van der Waals surface area contributed by atoms with Crippen molar-refractivity contribution in [1.29, 1.82) is 0 Å². The van der Waals surface area contributed by atoms with E-state index in [1.807, 2.05) is 36.4 Å². The fraction of sp³-hybridized carbons (Fsp3) is 0.435. The second kappa shape index (κ2) is 10.7. The average Bonchev–Trinajstić information content (AvgIpc) is 2.75. The first-order valence-corrected chi connectivity index (χ1v) is 10.3. The minimum Gasteiger partial charge on any atom is -0.497 e. The Hall–Kier alpha value is -2.73. The number of unbranched alkanes of at least 4 members (excludes halogenated alkanes) is 1. The lowest BCUT2D eigenvalue weighted by molar-refractivity contribution is -0.117.